The van der Waals surface area contributed by atoms with Gasteiger partial charge in [-0.25, -0.2) is 0 Å². The van der Waals surface area contributed by atoms with Crippen LogP contribution in [0.2, 0.25) is 0 Å². The van der Waals surface area contributed by atoms with Gasteiger partial charge in [-0.3, -0.25) is 0 Å². The summed E-state index contributed by atoms with van der Waals surface area (Å²) < 4.78 is 6.05. The maximum atomic E-state index is 10.4. The molecule has 1 aromatic rings. The van der Waals surface area contributed by atoms with E-state index in [0.717, 1.165) is 5.75 Å². The summed E-state index contributed by atoms with van der Waals surface area (Å²) in [6.07, 6.45) is 15.4. The Morgan fingerprint density at radius 1 is 0.885 bits per heavy atom. The number of para-hydroxylation sites is 1. The molecule has 2 aliphatic rings. The summed E-state index contributed by atoms with van der Waals surface area (Å²) in [5.74, 6) is 1.61. The molecular formula is C23H37NO2. The second kappa shape index (κ2) is 10.9. The van der Waals surface area contributed by atoms with Gasteiger partial charge >= 0.3 is 0 Å². The van der Waals surface area contributed by atoms with Gasteiger partial charge < -0.3 is 15.2 Å². The minimum Gasteiger partial charge on any atom is -0.491 e. The molecule has 1 aromatic carbocycles. The highest BCUT2D eigenvalue weighted by Crippen LogP contribution is 2.37. The molecule has 0 aromatic heterocycles. The number of nitrogens with one attached hydrogen (secondary N) is 1. The van der Waals surface area contributed by atoms with Crippen LogP contribution in [0.25, 0.3) is 0 Å². The highest BCUT2D eigenvalue weighted by atomic mass is 16.5. The Morgan fingerprint density at radius 2 is 1.50 bits per heavy atom. The van der Waals surface area contributed by atoms with Gasteiger partial charge in [0.15, 0.2) is 0 Å². The molecule has 0 aliphatic heterocycles. The van der Waals surface area contributed by atoms with Crippen molar-refractivity contribution in [3.8, 4) is 5.75 Å². The third-order valence-corrected chi connectivity index (χ3v) is 6.14. The minimum absolute atomic E-state index is 0.378. The van der Waals surface area contributed by atoms with Crippen LogP contribution < -0.4 is 10.1 Å². The zero-order valence-electron chi connectivity index (χ0n) is 16.3. The first-order chi connectivity index (χ1) is 12.8. The van der Waals surface area contributed by atoms with E-state index in [1.807, 2.05) is 6.07 Å². The lowest BCUT2D eigenvalue weighted by Gasteiger charge is -2.25. The van der Waals surface area contributed by atoms with E-state index in [-0.39, 0.29) is 0 Å². The Hall–Kier alpha value is -1.06. The van der Waals surface area contributed by atoms with Crippen molar-refractivity contribution in [2.45, 2.75) is 95.1 Å². The zero-order valence-corrected chi connectivity index (χ0v) is 16.3. The molecule has 0 bridgehead atoms. The molecule has 3 heteroatoms. The molecule has 2 saturated carbocycles. The van der Waals surface area contributed by atoms with Gasteiger partial charge in [-0.05, 0) is 43.2 Å². The Labute approximate surface area is 159 Å². The lowest BCUT2D eigenvalue weighted by atomic mass is 9.84. The van der Waals surface area contributed by atoms with E-state index in [1.54, 1.807) is 0 Å². The molecule has 0 heterocycles. The predicted molar refractivity (Wildman–Crippen MR) is 108 cm³/mol. The molecule has 0 saturated heterocycles. The summed E-state index contributed by atoms with van der Waals surface area (Å²) in [6, 6.07) is 9.01. The molecule has 0 radical (unpaired) electrons. The quantitative estimate of drug-likeness (QED) is 0.705. The van der Waals surface area contributed by atoms with Crippen molar-refractivity contribution in [1.82, 2.24) is 5.32 Å². The van der Waals surface area contributed by atoms with Crippen molar-refractivity contribution in [1.29, 1.82) is 0 Å². The molecule has 1 unspecified atom stereocenters. The Morgan fingerprint density at radius 3 is 2.27 bits per heavy atom. The van der Waals surface area contributed by atoms with Crippen LogP contribution in [0, 0.1) is 0 Å². The molecule has 2 N–H and O–H groups in total. The van der Waals surface area contributed by atoms with Gasteiger partial charge in [0.25, 0.3) is 0 Å². The van der Waals surface area contributed by atoms with E-state index in [9.17, 15) is 5.11 Å². The standard InChI is InChI=1S/C23H37NO2/c25-21(17-24-20-13-7-2-1-3-8-14-20)18-26-23-16-10-9-15-22(23)19-11-5-4-6-12-19/h9-10,15-16,19-21,24-25H,1-8,11-14,17-18H2. The Balaban J connectivity index is 1.44. The van der Waals surface area contributed by atoms with Gasteiger partial charge in [-0.15, -0.1) is 0 Å². The van der Waals surface area contributed by atoms with E-state index < -0.39 is 6.10 Å². The summed E-state index contributed by atoms with van der Waals surface area (Å²) in [5.41, 5.74) is 1.34. The SMILES string of the molecule is OC(CNC1CCCCCCC1)COc1ccccc1C1CCCCC1. The molecule has 146 valence electrons. The first kappa shape index (κ1) is 19.7. The normalized spacial score (nSPS) is 21.7. The highest BCUT2D eigenvalue weighted by molar-refractivity contribution is 5.36. The minimum atomic E-state index is -0.445. The smallest absolute Gasteiger partial charge is 0.122 e. The maximum absolute atomic E-state index is 10.4. The van der Waals surface area contributed by atoms with Crippen molar-refractivity contribution in [3.05, 3.63) is 29.8 Å². The first-order valence-corrected chi connectivity index (χ1v) is 11.0. The molecule has 0 spiro atoms. The van der Waals surface area contributed by atoms with Gasteiger partial charge in [0.2, 0.25) is 0 Å². The van der Waals surface area contributed by atoms with Gasteiger partial charge in [-0.1, -0.05) is 69.6 Å². The van der Waals surface area contributed by atoms with Crippen LogP contribution in [0.5, 0.6) is 5.75 Å². The van der Waals surface area contributed by atoms with Crippen LogP contribution >= 0.6 is 0 Å². The summed E-state index contributed by atoms with van der Waals surface area (Å²) in [5, 5.41) is 14.0. The topological polar surface area (TPSA) is 41.5 Å². The van der Waals surface area contributed by atoms with Gasteiger partial charge in [0.1, 0.15) is 18.5 Å². The summed E-state index contributed by atoms with van der Waals surface area (Å²) in [6.45, 7) is 1.01. The lowest BCUT2D eigenvalue weighted by molar-refractivity contribution is 0.101. The summed E-state index contributed by atoms with van der Waals surface area (Å²) in [4.78, 5) is 0. The fourth-order valence-electron chi connectivity index (χ4n) is 4.57. The fourth-order valence-corrected chi connectivity index (χ4v) is 4.57. The average Bonchev–Trinajstić information content (AvgIpc) is 2.66. The van der Waals surface area contributed by atoms with Crippen LogP contribution in [-0.2, 0) is 0 Å². The monoisotopic (exact) mass is 359 g/mol. The zero-order chi connectivity index (χ0) is 18.0. The van der Waals surface area contributed by atoms with Crippen LogP contribution in [-0.4, -0.2) is 30.4 Å². The molecule has 1 atom stereocenters. The number of benzene rings is 1. The number of hydrogen-bond donors (Lipinski definition) is 2. The highest BCUT2D eigenvalue weighted by Gasteiger charge is 2.19. The van der Waals surface area contributed by atoms with E-state index in [4.69, 9.17) is 4.74 Å². The van der Waals surface area contributed by atoms with Crippen molar-refractivity contribution in [2.24, 2.45) is 0 Å². The van der Waals surface area contributed by atoms with Crippen LogP contribution in [0.1, 0.15) is 88.5 Å². The Kier molecular flexibility index (Phi) is 8.28. The number of rotatable bonds is 7. The molecular weight excluding hydrogens is 322 g/mol. The van der Waals surface area contributed by atoms with Crippen molar-refractivity contribution < 1.29 is 9.84 Å². The van der Waals surface area contributed by atoms with Crippen LogP contribution in [0.3, 0.4) is 0 Å². The second-order valence-electron chi connectivity index (χ2n) is 8.29. The lowest BCUT2D eigenvalue weighted by Crippen LogP contribution is -2.38. The molecule has 2 fully saturated rings. The van der Waals surface area contributed by atoms with Crippen LogP contribution in [0.15, 0.2) is 24.3 Å². The summed E-state index contributed by atoms with van der Waals surface area (Å²) in [7, 11) is 0. The maximum Gasteiger partial charge on any atom is 0.122 e. The number of aliphatic hydroxyl groups is 1. The predicted octanol–water partition coefficient (Wildman–Crippen LogP) is 5.18. The fraction of sp³-hybridized carbons (Fsp3) is 0.739. The van der Waals surface area contributed by atoms with Gasteiger partial charge in [-0.2, -0.15) is 0 Å². The van der Waals surface area contributed by atoms with E-state index >= 15 is 0 Å². The van der Waals surface area contributed by atoms with Crippen molar-refractivity contribution >= 4 is 0 Å². The molecule has 3 rings (SSSR count). The van der Waals surface area contributed by atoms with Gasteiger partial charge in [0.05, 0.1) is 0 Å². The third-order valence-electron chi connectivity index (χ3n) is 6.14. The Bertz CT molecular complexity index is 505. The number of aliphatic hydroxyl groups excluding tert-OH is 1. The van der Waals surface area contributed by atoms with Crippen molar-refractivity contribution in [3.63, 3.8) is 0 Å². The molecule has 26 heavy (non-hydrogen) atoms. The van der Waals surface area contributed by atoms with E-state index in [1.165, 1.54) is 82.6 Å². The molecule has 2 aliphatic carbocycles. The first-order valence-electron chi connectivity index (χ1n) is 11.0. The largest absolute Gasteiger partial charge is 0.491 e. The van der Waals surface area contributed by atoms with Gasteiger partial charge in [0, 0.05) is 12.6 Å². The van der Waals surface area contributed by atoms with E-state index in [2.05, 4.69) is 23.5 Å². The number of ether oxygens (including phenoxy) is 1. The molecule has 3 nitrogen and oxygen atoms in total. The van der Waals surface area contributed by atoms with E-state index in [0.29, 0.717) is 25.1 Å². The second-order valence-corrected chi connectivity index (χ2v) is 8.29. The van der Waals surface area contributed by atoms with Crippen LogP contribution in [0.4, 0.5) is 0 Å². The molecule has 0 amide bonds. The summed E-state index contributed by atoms with van der Waals surface area (Å²) >= 11 is 0. The third kappa shape index (κ3) is 6.28. The number of hydrogen-bond acceptors (Lipinski definition) is 3. The average molecular weight is 360 g/mol. The van der Waals surface area contributed by atoms with Crippen molar-refractivity contribution in [2.75, 3.05) is 13.2 Å².